The van der Waals surface area contributed by atoms with Crippen molar-refractivity contribution in [2.24, 2.45) is 0 Å². The van der Waals surface area contributed by atoms with Crippen LogP contribution in [0, 0.1) is 5.82 Å². The minimum absolute atomic E-state index is 0.0983. The third kappa shape index (κ3) is 4.82. The van der Waals surface area contributed by atoms with Gasteiger partial charge in [-0.2, -0.15) is 0 Å². The number of amides is 1. The summed E-state index contributed by atoms with van der Waals surface area (Å²) in [5.74, 6) is 0.144. The van der Waals surface area contributed by atoms with Gasteiger partial charge in [0.25, 0.3) is 0 Å². The quantitative estimate of drug-likeness (QED) is 0.735. The zero-order valence-electron chi connectivity index (χ0n) is 13.5. The van der Waals surface area contributed by atoms with Gasteiger partial charge in [-0.25, -0.2) is 4.39 Å². The molecule has 6 heteroatoms. The lowest BCUT2D eigenvalue weighted by molar-refractivity contribution is -0.130. The van der Waals surface area contributed by atoms with Crippen molar-refractivity contribution in [2.45, 2.75) is 11.3 Å². The fourth-order valence-electron chi connectivity index (χ4n) is 2.74. The number of nitrogens with zero attached hydrogens (tertiary/aromatic N) is 2. The highest BCUT2D eigenvalue weighted by Crippen LogP contribution is 2.21. The second-order valence-electron chi connectivity index (χ2n) is 5.77. The second-order valence-corrected chi connectivity index (χ2v) is 7.82. The molecule has 0 N–H and O–H groups in total. The Kier molecular flexibility index (Phi) is 6.29. The van der Waals surface area contributed by atoms with Gasteiger partial charge in [0.05, 0.1) is 5.75 Å². The van der Waals surface area contributed by atoms with E-state index < -0.39 is 0 Å². The van der Waals surface area contributed by atoms with Crippen LogP contribution in [0.2, 0.25) is 0 Å². The molecule has 0 spiro atoms. The van der Waals surface area contributed by atoms with Crippen LogP contribution in [-0.4, -0.2) is 54.2 Å². The molecule has 2 aromatic rings. The number of hydrogen-bond donors (Lipinski definition) is 0. The van der Waals surface area contributed by atoms with Crippen molar-refractivity contribution in [1.29, 1.82) is 0 Å². The molecule has 1 fully saturated rings. The van der Waals surface area contributed by atoms with Gasteiger partial charge in [-0.3, -0.25) is 9.69 Å². The van der Waals surface area contributed by atoms with Crippen molar-refractivity contribution in [3.05, 3.63) is 52.5 Å². The van der Waals surface area contributed by atoms with Crippen molar-refractivity contribution >= 4 is 29.0 Å². The first-order chi connectivity index (χ1) is 11.7. The van der Waals surface area contributed by atoms with Crippen molar-refractivity contribution in [3.63, 3.8) is 0 Å². The van der Waals surface area contributed by atoms with E-state index in [1.165, 1.54) is 22.7 Å². The Morgan fingerprint density at radius 3 is 2.62 bits per heavy atom. The third-order valence-electron chi connectivity index (χ3n) is 4.17. The summed E-state index contributed by atoms with van der Waals surface area (Å²) in [5.41, 5.74) is 0. The molecule has 2 heterocycles. The molecule has 3 nitrogen and oxygen atoms in total. The Bertz CT molecular complexity index is 655. The highest BCUT2D eigenvalue weighted by atomic mass is 32.2. The van der Waals surface area contributed by atoms with Gasteiger partial charge in [0.2, 0.25) is 5.91 Å². The van der Waals surface area contributed by atoms with Crippen LogP contribution >= 0.6 is 23.1 Å². The number of carbonyl (C=O) groups is 1. The van der Waals surface area contributed by atoms with Crippen molar-refractivity contribution in [1.82, 2.24) is 9.80 Å². The third-order valence-corrected chi connectivity index (χ3v) is 6.14. The average molecular weight is 365 g/mol. The highest BCUT2D eigenvalue weighted by Gasteiger charge is 2.21. The molecule has 24 heavy (non-hydrogen) atoms. The molecule has 1 aliphatic rings. The molecule has 0 saturated carbocycles. The summed E-state index contributed by atoms with van der Waals surface area (Å²) in [6, 6.07) is 10.9. The zero-order valence-corrected chi connectivity index (χ0v) is 15.1. The zero-order chi connectivity index (χ0) is 16.8. The second kappa shape index (κ2) is 8.65. The molecule has 0 unspecified atom stereocenters. The van der Waals surface area contributed by atoms with Crippen LogP contribution in [0.1, 0.15) is 4.88 Å². The van der Waals surface area contributed by atoms with E-state index in [-0.39, 0.29) is 11.7 Å². The first kappa shape index (κ1) is 17.5. The van der Waals surface area contributed by atoms with Gasteiger partial charge in [0.1, 0.15) is 5.82 Å². The maximum atomic E-state index is 13.6. The van der Waals surface area contributed by atoms with E-state index in [0.717, 1.165) is 39.1 Å². The van der Waals surface area contributed by atoms with Gasteiger partial charge >= 0.3 is 0 Å². The Morgan fingerprint density at radius 1 is 1.12 bits per heavy atom. The monoisotopic (exact) mass is 364 g/mol. The molecule has 1 aromatic heterocycles. The number of benzene rings is 1. The number of rotatable bonds is 6. The number of hydrogen-bond acceptors (Lipinski definition) is 4. The molecular weight excluding hydrogens is 343 g/mol. The Morgan fingerprint density at radius 2 is 1.92 bits per heavy atom. The Hall–Kier alpha value is -1.37. The predicted octanol–water partition coefficient (Wildman–Crippen LogP) is 3.37. The summed E-state index contributed by atoms with van der Waals surface area (Å²) in [6.45, 7) is 4.41. The lowest BCUT2D eigenvalue weighted by Gasteiger charge is -2.34. The van der Waals surface area contributed by atoms with Crippen LogP contribution in [0.5, 0.6) is 0 Å². The summed E-state index contributed by atoms with van der Waals surface area (Å²) in [7, 11) is 0. The number of halogens is 1. The van der Waals surface area contributed by atoms with E-state index in [2.05, 4.69) is 22.4 Å². The molecule has 128 valence electrons. The number of piperazine rings is 1. The minimum atomic E-state index is -0.256. The molecule has 0 atom stereocenters. The van der Waals surface area contributed by atoms with Gasteiger partial charge in [0.15, 0.2) is 0 Å². The molecule has 1 aromatic carbocycles. The van der Waals surface area contributed by atoms with E-state index in [1.54, 1.807) is 29.5 Å². The molecule has 1 saturated heterocycles. The van der Waals surface area contributed by atoms with Crippen LogP contribution in [0.4, 0.5) is 4.39 Å². The van der Waals surface area contributed by atoms with Crippen LogP contribution in [-0.2, 0) is 11.2 Å². The molecule has 0 bridgehead atoms. The smallest absolute Gasteiger partial charge is 0.233 e. The predicted molar refractivity (Wildman–Crippen MR) is 98.2 cm³/mol. The number of thioether (sulfide) groups is 1. The molecule has 0 aliphatic carbocycles. The Labute approximate surface area is 150 Å². The largest absolute Gasteiger partial charge is 0.339 e. The van der Waals surface area contributed by atoms with Crippen LogP contribution in [0.25, 0.3) is 0 Å². The van der Waals surface area contributed by atoms with Crippen LogP contribution < -0.4 is 0 Å². The maximum Gasteiger partial charge on any atom is 0.233 e. The summed E-state index contributed by atoms with van der Waals surface area (Å²) < 4.78 is 13.6. The topological polar surface area (TPSA) is 23.6 Å². The van der Waals surface area contributed by atoms with E-state index in [0.29, 0.717) is 10.6 Å². The highest BCUT2D eigenvalue weighted by molar-refractivity contribution is 8.00. The first-order valence-electron chi connectivity index (χ1n) is 8.12. The summed E-state index contributed by atoms with van der Waals surface area (Å²) in [6.07, 6.45) is 1.08. The maximum absolute atomic E-state index is 13.6. The van der Waals surface area contributed by atoms with Gasteiger partial charge < -0.3 is 4.90 Å². The standard InChI is InChI=1S/C18H21FN2OS2/c19-16-5-1-2-6-17(16)24-14-18(22)21-11-9-20(10-12-21)8-7-15-4-3-13-23-15/h1-6,13H,7-12,14H2. The lowest BCUT2D eigenvalue weighted by Crippen LogP contribution is -2.49. The van der Waals surface area contributed by atoms with Gasteiger partial charge in [-0.1, -0.05) is 18.2 Å². The summed E-state index contributed by atoms with van der Waals surface area (Å²) in [5, 5.41) is 2.11. The summed E-state index contributed by atoms with van der Waals surface area (Å²) in [4.78, 5) is 18.6. The first-order valence-corrected chi connectivity index (χ1v) is 9.99. The normalized spacial score (nSPS) is 15.6. The van der Waals surface area contributed by atoms with E-state index in [1.807, 2.05) is 4.90 Å². The molecular formula is C18H21FN2OS2. The van der Waals surface area contributed by atoms with Gasteiger partial charge in [0, 0.05) is 42.5 Å². The van der Waals surface area contributed by atoms with Crippen LogP contribution in [0.15, 0.2) is 46.7 Å². The fourth-order valence-corrected chi connectivity index (χ4v) is 4.28. The molecule has 1 amide bonds. The SMILES string of the molecule is O=C(CSc1ccccc1F)N1CCN(CCc2cccs2)CC1. The van der Waals surface area contributed by atoms with E-state index in [4.69, 9.17) is 0 Å². The van der Waals surface area contributed by atoms with Crippen molar-refractivity contribution in [2.75, 3.05) is 38.5 Å². The van der Waals surface area contributed by atoms with E-state index >= 15 is 0 Å². The fraction of sp³-hybridized carbons (Fsp3) is 0.389. The van der Waals surface area contributed by atoms with Gasteiger partial charge in [-0.15, -0.1) is 23.1 Å². The average Bonchev–Trinajstić information content (AvgIpc) is 3.13. The lowest BCUT2D eigenvalue weighted by atomic mass is 10.2. The number of thiophene rings is 1. The molecule has 1 aliphatic heterocycles. The molecule has 0 radical (unpaired) electrons. The summed E-state index contributed by atoms with van der Waals surface area (Å²) >= 11 is 3.08. The minimum Gasteiger partial charge on any atom is -0.339 e. The molecule has 3 rings (SSSR count). The van der Waals surface area contributed by atoms with Crippen molar-refractivity contribution in [3.8, 4) is 0 Å². The van der Waals surface area contributed by atoms with Gasteiger partial charge in [-0.05, 0) is 30.0 Å². The van der Waals surface area contributed by atoms with Crippen LogP contribution in [0.3, 0.4) is 0 Å². The van der Waals surface area contributed by atoms with Crippen molar-refractivity contribution < 1.29 is 9.18 Å². The Balaban J connectivity index is 1.39. The number of carbonyl (C=O) groups excluding carboxylic acids is 1. The van der Waals surface area contributed by atoms with E-state index in [9.17, 15) is 9.18 Å².